The second-order valence-electron chi connectivity index (χ2n) is 6.02. The van der Waals surface area contributed by atoms with Crippen molar-refractivity contribution in [1.29, 1.82) is 5.26 Å². The van der Waals surface area contributed by atoms with Gasteiger partial charge in [0.05, 0.1) is 17.3 Å². The van der Waals surface area contributed by atoms with Gasteiger partial charge in [-0.2, -0.15) is 5.26 Å². The number of rotatable bonds is 5. The van der Waals surface area contributed by atoms with Crippen molar-refractivity contribution < 1.29 is 13.9 Å². The van der Waals surface area contributed by atoms with Crippen molar-refractivity contribution in [2.75, 3.05) is 5.32 Å². The molecule has 3 rings (SSSR count). The molecule has 1 amide bonds. The van der Waals surface area contributed by atoms with Crippen molar-refractivity contribution in [3.05, 3.63) is 94.8 Å². The van der Waals surface area contributed by atoms with E-state index in [0.29, 0.717) is 16.9 Å². The minimum atomic E-state index is -0.483. The molecule has 0 unspecified atom stereocenters. The number of hydrogen-bond acceptors (Lipinski definition) is 3. The summed E-state index contributed by atoms with van der Waals surface area (Å²) in [4.78, 5) is 12.4. The molecule has 0 bridgehead atoms. The average Bonchev–Trinajstić information content (AvgIpc) is 2.69. The lowest BCUT2D eigenvalue weighted by atomic mass is 10.1. The van der Waals surface area contributed by atoms with Crippen LogP contribution in [0.5, 0.6) is 5.75 Å². The van der Waals surface area contributed by atoms with E-state index < -0.39 is 11.7 Å². The topological polar surface area (TPSA) is 62.1 Å². The van der Waals surface area contributed by atoms with Gasteiger partial charge in [-0.05, 0) is 48.9 Å². The van der Waals surface area contributed by atoms with Crippen LogP contribution in [-0.4, -0.2) is 5.91 Å². The molecule has 27 heavy (non-hydrogen) atoms. The Morgan fingerprint density at radius 2 is 1.93 bits per heavy atom. The largest absolute Gasteiger partial charge is 0.489 e. The molecule has 3 aromatic carbocycles. The molecule has 3 aromatic rings. The zero-order valence-corrected chi connectivity index (χ0v) is 14.7. The predicted octanol–water partition coefficient (Wildman–Crippen LogP) is 4.84. The number of aryl methyl sites for hydroxylation is 1. The lowest BCUT2D eigenvalue weighted by Gasteiger charge is -2.10. The third-order valence-electron chi connectivity index (χ3n) is 4.00. The average molecular weight is 360 g/mol. The second kappa shape index (κ2) is 8.15. The summed E-state index contributed by atoms with van der Waals surface area (Å²) in [5.41, 5.74) is 2.55. The minimum Gasteiger partial charge on any atom is -0.489 e. The quantitative estimate of drug-likeness (QED) is 0.708. The van der Waals surface area contributed by atoms with E-state index in [4.69, 9.17) is 10.00 Å². The Morgan fingerprint density at radius 3 is 2.70 bits per heavy atom. The van der Waals surface area contributed by atoms with E-state index >= 15 is 0 Å². The van der Waals surface area contributed by atoms with Crippen LogP contribution in [-0.2, 0) is 6.61 Å². The van der Waals surface area contributed by atoms with Gasteiger partial charge in [-0.15, -0.1) is 0 Å². The van der Waals surface area contributed by atoms with Crippen LogP contribution in [0.1, 0.15) is 27.0 Å². The standard InChI is InChI=1S/C22H17FN2O2/c1-15-9-10-21(20(23)11-15)25-22(26)16-7-4-8-19(12-16)27-14-18-6-3-2-5-17(18)13-24/h2-12H,14H2,1H3,(H,25,26). The number of carbonyl (C=O) groups is 1. The van der Waals surface area contributed by atoms with Crippen molar-refractivity contribution >= 4 is 11.6 Å². The highest BCUT2D eigenvalue weighted by molar-refractivity contribution is 6.04. The summed E-state index contributed by atoms with van der Waals surface area (Å²) >= 11 is 0. The molecule has 4 nitrogen and oxygen atoms in total. The van der Waals surface area contributed by atoms with E-state index in [0.717, 1.165) is 11.1 Å². The Bertz CT molecular complexity index is 1020. The number of carbonyl (C=O) groups excluding carboxylic acids is 1. The number of nitrogens with zero attached hydrogens (tertiary/aromatic N) is 1. The van der Waals surface area contributed by atoms with Crippen molar-refractivity contribution in [1.82, 2.24) is 0 Å². The van der Waals surface area contributed by atoms with Crippen LogP contribution >= 0.6 is 0 Å². The first kappa shape index (κ1) is 18.2. The number of hydrogen-bond donors (Lipinski definition) is 1. The summed E-state index contributed by atoms with van der Waals surface area (Å²) in [5.74, 6) is -0.427. The fraction of sp³-hybridized carbons (Fsp3) is 0.0909. The molecular formula is C22H17FN2O2. The van der Waals surface area contributed by atoms with Gasteiger partial charge in [-0.1, -0.05) is 30.3 Å². The highest BCUT2D eigenvalue weighted by Gasteiger charge is 2.11. The molecular weight excluding hydrogens is 343 g/mol. The zero-order valence-electron chi connectivity index (χ0n) is 14.7. The van der Waals surface area contributed by atoms with Crippen LogP contribution in [0.4, 0.5) is 10.1 Å². The number of nitriles is 1. The lowest BCUT2D eigenvalue weighted by Crippen LogP contribution is -2.13. The number of benzene rings is 3. The third kappa shape index (κ3) is 4.50. The number of halogens is 1. The Balaban J connectivity index is 1.71. The van der Waals surface area contributed by atoms with Crippen LogP contribution in [0.3, 0.4) is 0 Å². The molecule has 0 aliphatic heterocycles. The molecule has 0 heterocycles. The number of nitrogens with one attached hydrogen (secondary N) is 1. The van der Waals surface area contributed by atoms with Crippen LogP contribution in [0.15, 0.2) is 66.7 Å². The maximum absolute atomic E-state index is 13.9. The molecule has 0 aliphatic rings. The first-order valence-electron chi connectivity index (χ1n) is 8.35. The summed E-state index contributed by atoms with van der Waals surface area (Å²) in [6.45, 7) is 1.99. The van der Waals surface area contributed by atoms with Gasteiger partial charge in [0.25, 0.3) is 5.91 Å². The number of ether oxygens (including phenoxy) is 1. The normalized spacial score (nSPS) is 10.1. The molecule has 5 heteroatoms. The molecule has 0 spiro atoms. The van der Waals surface area contributed by atoms with E-state index in [2.05, 4.69) is 11.4 Å². The van der Waals surface area contributed by atoms with Crippen LogP contribution in [0.2, 0.25) is 0 Å². The maximum atomic E-state index is 13.9. The highest BCUT2D eigenvalue weighted by Crippen LogP contribution is 2.20. The van der Waals surface area contributed by atoms with Gasteiger partial charge < -0.3 is 10.1 Å². The highest BCUT2D eigenvalue weighted by atomic mass is 19.1. The van der Waals surface area contributed by atoms with Crippen molar-refractivity contribution in [3.8, 4) is 11.8 Å². The summed E-state index contributed by atoms with van der Waals surface area (Å²) in [7, 11) is 0. The van der Waals surface area contributed by atoms with Gasteiger partial charge in [0, 0.05) is 11.1 Å². The molecule has 0 atom stereocenters. The molecule has 0 aromatic heterocycles. The maximum Gasteiger partial charge on any atom is 0.255 e. The Morgan fingerprint density at radius 1 is 1.11 bits per heavy atom. The zero-order chi connectivity index (χ0) is 19.2. The smallest absolute Gasteiger partial charge is 0.255 e. The van der Waals surface area contributed by atoms with Gasteiger partial charge in [-0.25, -0.2) is 4.39 Å². The van der Waals surface area contributed by atoms with Crippen LogP contribution < -0.4 is 10.1 Å². The Hall–Kier alpha value is -3.65. The van der Waals surface area contributed by atoms with E-state index in [-0.39, 0.29) is 12.3 Å². The second-order valence-corrected chi connectivity index (χ2v) is 6.02. The molecule has 0 aliphatic carbocycles. The fourth-order valence-corrected chi connectivity index (χ4v) is 2.56. The molecule has 134 valence electrons. The van der Waals surface area contributed by atoms with Gasteiger partial charge in [0.2, 0.25) is 0 Å². The lowest BCUT2D eigenvalue weighted by molar-refractivity contribution is 0.102. The van der Waals surface area contributed by atoms with Crippen molar-refractivity contribution in [3.63, 3.8) is 0 Å². The van der Waals surface area contributed by atoms with Gasteiger partial charge in [0.1, 0.15) is 18.2 Å². The first-order valence-corrected chi connectivity index (χ1v) is 8.35. The molecule has 0 fully saturated rings. The molecule has 0 saturated heterocycles. The van der Waals surface area contributed by atoms with Crippen molar-refractivity contribution in [2.45, 2.75) is 13.5 Å². The molecule has 0 radical (unpaired) electrons. The summed E-state index contributed by atoms with van der Waals surface area (Å²) in [5, 5.41) is 11.7. The van der Waals surface area contributed by atoms with Gasteiger partial charge >= 0.3 is 0 Å². The Kier molecular flexibility index (Phi) is 5.48. The van der Waals surface area contributed by atoms with Gasteiger partial charge in [0.15, 0.2) is 0 Å². The SMILES string of the molecule is Cc1ccc(NC(=O)c2cccc(OCc3ccccc3C#N)c2)c(F)c1. The fourth-order valence-electron chi connectivity index (χ4n) is 2.56. The molecule has 1 N–H and O–H groups in total. The van der Waals surface area contributed by atoms with Crippen molar-refractivity contribution in [2.24, 2.45) is 0 Å². The monoisotopic (exact) mass is 360 g/mol. The summed E-state index contributed by atoms with van der Waals surface area (Å²) in [6.07, 6.45) is 0. The van der Waals surface area contributed by atoms with Crippen LogP contribution in [0.25, 0.3) is 0 Å². The number of amides is 1. The van der Waals surface area contributed by atoms with E-state index in [1.807, 2.05) is 12.1 Å². The van der Waals surface area contributed by atoms with Crippen LogP contribution in [0, 0.1) is 24.1 Å². The first-order chi connectivity index (χ1) is 13.1. The minimum absolute atomic E-state index is 0.125. The third-order valence-corrected chi connectivity index (χ3v) is 4.00. The van der Waals surface area contributed by atoms with E-state index in [1.165, 1.54) is 12.1 Å². The predicted molar refractivity (Wildman–Crippen MR) is 101 cm³/mol. The van der Waals surface area contributed by atoms with E-state index in [9.17, 15) is 9.18 Å². The summed E-state index contributed by atoms with van der Waals surface area (Å²) < 4.78 is 19.6. The summed E-state index contributed by atoms with van der Waals surface area (Å²) in [6, 6.07) is 20.5. The molecule has 0 saturated carbocycles. The van der Waals surface area contributed by atoms with Gasteiger partial charge in [-0.3, -0.25) is 4.79 Å². The number of anilines is 1. The Labute approximate surface area is 156 Å². The van der Waals surface area contributed by atoms with E-state index in [1.54, 1.807) is 49.4 Å².